The number of hydrogen-bond acceptors (Lipinski definition) is 2. The van der Waals surface area contributed by atoms with Crippen molar-refractivity contribution in [1.29, 1.82) is 0 Å². The number of para-hydroxylation sites is 5. The predicted molar refractivity (Wildman–Crippen MR) is 432 cm³/mol. The molecule has 476 valence electrons. The van der Waals surface area contributed by atoms with Crippen LogP contribution in [0, 0.1) is 0 Å². The van der Waals surface area contributed by atoms with E-state index in [4.69, 9.17) is 4.42 Å². The molecule has 5 nitrogen and oxygen atoms in total. The zero-order valence-corrected chi connectivity index (χ0v) is 56.1. The molecule has 0 aliphatic carbocycles. The van der Waals surface area contributed by atoms with Gasteiger partial charge >= 0.3 is 0 Å². The second-order valence-corrected chi connectivity index (χ2v) is 27.6. The fraction of sp³-hybridized carbons (Fsp3) is 0. The van der Waals surface area contributed by atoms with Gasteiger partial charge in [-0.2, -0.15) is 0 Å². The number of aromatic nitrogens is 4. The Morgan fingerprint density at radius 1 is 0.196 bits per heavy atom. The molecule has 0 saturated heterocycles. The molecule has 0 amide bonds. The first-order chi connectivity index (χ1) is 50.6. The van der Waals surface area contributed by atoms with E-state index in [0.29, 0.717) is 0 Å². The first kappa shape index (κ1) is 57.8. The number of fused-ring (bicyclic) bond motifs is 18. The van der Waals surface area contributed by atoms with Crippen LogP contribution in [0.4, 0.5) is 0 Å². The number of hydrogen-bond donors (Lipinski definition) is 0. The molecule has 0 aliphatic rings. The molecule has 0 bridgehead atoms. The second kappa shape index (κ2) is 23.2. The summed E-state index contributed by atoms with van der Waals surface area (Å²) in [5.41, 5.74) is 25.8. The highest BCUT2D eigenvalue weighted by Crippen LogP contribution is 2.48. The molecule has 0 saturated carbocycles. The van der Waals surface area contributed by atoms with Crippen molar-refractivity contribution in [3.05, 3.63) is 364 Å². The van der Waals surface area contributed by atoms with E-state index in [1.165, 1.54) is 158 Å². The molecule has 6 aromatic heterocycles. The van der Waals surface area contributed by atoms with Crippen LogP contribution in [0.25, 0.3) is 197 Å². The maximum Gasteiger partial charge on any atom is 0.137 e. The molecule has 0 N–H and O–H groups in total. The van der Waals surface area contributed by atoms with E-state index in [1.54, 1.807) is 0 Å². The highest BCUT2D eigenvalue weighted by Gasteiger charge is 2.25. The predicted octanol–water partition coefficient (Wildman–Crippen LogP) is 26.7. The van der Waals surface area contributed by atoms with Crippen molar-refractivity contribution in [2.75, 3.05) is 0 Å². The SMILES string of the molecule is c1ccc(-c2ccc(-n3c4ccccc4c4c(-c5cccc6c5c5ccccc5n6-c5ccc6c(c5)sc5ccccc56)cccc43)cc2)cc1.c1ccc(-c2ccc(-n3c4ccccc4c4c(-c5cccc6c5c5ccccc5n6-c5cccc6oc7ccccc7c56)cccc43)cc2)cc1. The molecule has 0 radical (unpaired) electrons. The number of nitrogens with zero attached hydrogens (tertiary/aromatic N) is 4. The molecule has 6 heterocycles. The summed E-state index contributed by atoms with van der Waals surface area (Å²) in [5, 5.41) is 14.9. The van der Waals surface area contributed by atoms with Crippen molar-refractivity contribution in [2.45, 2.75) is 0 Å². The Morgan fingerprint density at radius 2 is 0.529 bits per heavy atom. The molecule has 0 atom stereocenters. The number of benzene rings is 16. The quantitative estimate of drug-likeness (QED) is 0.149. The Morgan fingerprint density at radius 3 is 1.01 bits per heavy atom. The van der Waals surface area contributed by atoms with Crippen LogP contribution in [0.5, 0.6) is 0 Å². The summed E-state index contributed by atoms with van der Waals surface area (Å²) >= 11 is 1.87. The summed E-state index contributed by atoms with van der Waals surface area (Å²) in [5.74, 6) is 0. The molecule has 0 fully saturated rings. The van der Waals surface area contributed by atoms with Crippen LogP contribution in [0.2, 0.25) is 0 Å². The van der Waals surface area contributed by atoms with E-state index in [9.17, 15) is 0 Å². The molecule has 0 spiro atoms. The molecule has 16 aromatic carbocycles. The van der Waals surface area contributed by atoms with E-state index in [1.807, 2.05) is 17.4 Å². The van der Waals surface area contributed by atoms with Gasteiger partial charge in [-0.15, -0.1) is 11.3 Å². The van der Waals surface area contributed by atoms with Gasteiger partial charge in [0.05, 0.1) is 55.2 Å². The highest BCUT2D eigenvalue weighted by molar-refractivity contribution is 7.25. The van der Waals surface area contributed by atoms with Gasteiger partial charge in [0.2, 0.25) is 0 Å². The fourth-order valence-corrected chi connectivity index (χ4v) is 17.9. The first-order valence-corrected chi connectivity index (χ1v) is 35.7. The third-order valence-electron chi connectivity index (χ3n) is 21.1. The first-order valence-electron chi connectivity index (χ1n) is 34.9. The van der Waals surface area contributed by atoms with Crippen molar-refractivity contribution < 1.29 is 4.42 Å². The van der Waals surface area contributed by atoms with Crippen LogP contribution in [-0.4, -0.2) is 18.3 Å². The third kappa shape index (κ3) is 8.90. The standard InChI is InChI=1S/C48H30N2O.C48H30N2S/c1-2-13-31(14-3-1)32-27-29-33(30-28-32)49-39-20-7-4-15-36(39)46-34(18-10-22-41(46)49)35-19-11-23-42-47(35)37-16-5-8-21-40(37)50(42)43-24-12-26-45-48(43)38-17-6-9-25-44(38)51-45;1-2-12-31(13-3-1)32-24-26-33(27-25-32)49-41-19-7-4-15-39(41)47-37(17-10-21-43(47)49)38-18-11-22-44-48(38)40-16-5-8-20-42(40)50(44)34-28-29-36-35-14-6-9-23-45(35)51-46(36)30-34/h2*1-30H. The Labute approximate surface area is 590 Å². The lowest BCUT2D eigenvalue weighted by Gasteiger charge is -2.12. The molecule has 0 aliphatic heterocycles. The maximum absolute atomic E-state index is 6.35. The van der Waals surface area contributed by atoms with Crippen molar-refractivity contribution in [2.24, 2.45) is 0 Å². The summed E-state index contributed by atoms with van der Waals surface area (Å²) in [6.07, 6.45) is 0. The average Bonchev–Trinajstić information content (AvgIpc) is 1.56. The zero-order valence-electron chi connectivity index (χ0n) is 55.2. The van der Waals surface area contributed by atoms with E-state index in [-0.39, 0.29) is 0 Å². The van der Waals surface area contributed by atoms with Crippen molar-refractivity contribution in [3.63, 3.8) is 0 Å². The highest BCUT2D eigenvalue weighted by atomic mass is 32.1. The van der Waals surface area contributed by atoms with Crippen LogP contribution in [0.3, 0.4) is 0 Å². The van der Waals surface area contributed by atoms with Gasteiger partial charge in [-0.25, -0.2) is 0 Å². The van der Waals surface area contributed by atoms with Gasteiger partial charge in [0.1, 0.15) is 11.2 Å². The van der Waals surface area contributed by atoms with Crippen molar-refractivity contribution in [3.8, 4) is 67.3 Å². The number of thiophene rings is 1. The maximum atomic E-state index is 6.35. The van der Waals surface area contributed by atoms with Crippen molar-refractivity contribution in [1.82, 2.24) is 18.3 Å². The van der Waals surface area contributed by atoms with Crippen LogP contribution < -0.4 is 0 Å². The minimum atomic E-state index is 0.894. The molecule has 0 unspecified atom stereocenters. The minimum absolute atomic E-state index is 0.894. The largest absolute Gasteiger partial charge is 0.456 e. The lowest BCUT2D eigenvalue weighted by Crippen LogP contribution is -1.95. The smallest absolute Gasteiger partial charge is 0.137 e. The Balaban J connectivity index is 0.000000133. The van der Waals surface area contributed by atoms with Crippen LogP contribution in [-0.2, 0) is 0 Å². The fourth-order valence-electron chi connectivity index (χ4n) is 16.7. The van der Waals surface area contributed by atoms with Gasteiger partial charge in [0.25, 0.3) is 0 Å². The van der Waals surface area contributed by atoms with Gasteiger partial charge in [0, 0.05) is 85.7 Å². The van der Waals surface area contributed by atoms with Crippen molar-refractivity contribution >= 4 is 141 Å². The van der Waals surface area contributed by atoms with Gasteiger partial charge < -0.3 is 22.7 Å². The lowest BCUT2D eigenvalue weighted by molar-refractivity contribution is 0.669. The molecule has 22 rings (SSSR count). The zero-order chi connectivity index (χ0) is 66.9. The lowest BCUT2D eigenvalue weighted by atomic mass is 9.95. The van der Waals surface area contributed by atoms with Gasteiger partial charge in [-0.1, -0.05) is 255 Å². The topological polar surface area (TPSA) is 32.9 Å². The van der Waals surface area contributed by atoms with E-state index in [0.717, 1.165) is 39.0 Å². The molecule has 102 heavy (non-hydrogen) atoms. The van der Waals surface area contributed by atoms with Crippen LogP contribution in [0.15, 0.2) is 368 Å². The second-order valence-electron chi connectivity index (χ2n) is 26.6. The van der Waals surface area contributed by atoms with Crippen LogP contribution in [0.1, 0.15) is 0 Å². The van der Waals surface area contributed by atoms with Crippen LogP contribution >= 0.6 is 11.3 Å². The van der Waals surface area contributed by atoms with E-state index < -0.39 is 0 Å². The number of rotatable bonds is 8. The molecular weight excluding hydrogens is 1260 g/mol. The summed E-state index contributed by atoms with van der Waals surface area (Å²) < 4.78 is 18.7. The molecule has 22 aromatic rings. The Bertz CT molecular complexity index is 7100. The molecular formula is C96H60N4OS. The monoisotopic (exact) mass is 1320 g/mol. The van der Waals surface area contributed by atoms with Gasteiger partial charge in [0.15, 0.2) is 0 Å². The average molecular weight is 1320 g/mol. The number of furan rings is 1. The Hall–Kier alpha value is -13.3. The summed E-state index contributed by atoms with van der Waals surface area (Å²) in [4.78, 5) is 0. The van der Waals surface area contributed by atoms with Gasteiger partial charge in [-0.3, -0.25) is 0 Å². The van der Waals surface area contributed by atoms with E-state index in [2.05, 4.69) is 376 Å². The molecule has 6 heteroatoms. The van der Waals surface area contributed by atoms with E-state index >= 15 is 0 Å². The minimum Gasteiger partial charge on any atom is -0.456 e. The summed E-state index contributed by atoms with van der Waals surface area (Å²) in [6, 6.07) is 132. The van der Waals surface area contributed by atoms with Gasteiger partial charge in [-0.05, 0) is 154 Å². The normalized spacial score (nSPS) is 11.9. The summed E-state index contributed by atoms with van der Waals surface area (Å²) in [7, 11) is 0. The summed E-state index contributed by atoms with van der Waals surface area (Å²) in [6.45, 7) is 0. The Kier molecular flexibility index (Phi) is 13.1. The third-order valence-corrected chi connectivity index (χ3v) is 22.2.